The maximum absolute atomic E-state index is 14.4. The Balaban J connectivity index is 1.87. The summed E-state index contributed by atoms with van der Waals surface area (Å²) in [6, 6.07) is 6.31. The van der Waals surface area contributed by atoms with Gasteiger partial charge in [-0.2, -0.15) is 18.3 Å². The van der Waals surface area contributed by atoms with Crippen LogP contribution in [-0.4, -0.2) is 15.7 Å². The summed E-state index contributed by atoms with van der Waals surface area (Å²) >= 11 is 0. The molecule has 0 fully saturated rings. The summed E-state index contributed by atoms with van der Waals surface area (Å²) < 4.78 is 80.1. The van der Waals surface area contributed by atoms with Crippen molar-refractivity contribution in [3.63, 3.8) is 0 Å². The van der Waals surface area contributed by atoms with Gasteiger partial charge in [0.1, 0.15) is 17.5 Å². The third-order valence-electron chi connectivity index (χ3n) is 3.85. The average Bonchev–Trinajstić information content (AvgIpc) is 2.97. The Morgan fingerprint density at radius 3 is 2.29 bits per heavy atom. The van der Waals surface area contributed by atoms with Gasteiger partial charge in [0.2, 0.25) is 0 Å². The van der Waals surface area contributed by atoms with E-state index in [-0.39, 0.29) is 16.9 Å². The molecule has 0 radical (unpaired) electrons. The number of aromatic nitrogens is 2. The van der Waals surface area contributed by atoms with Crippen LogP contribution >= 0.6 is 0 Å². The van der Waals surface area contributed by atoms with Crippen molar-refractivity contribution in [1.82, 2.24) is 9.78 Å². The normalized spacial score (nSPS) is 11.5. The summed E-state index contributed by atoms with van der Waals surface area (Å²) in [5.74, 6) is -3.82. The van der Waals surface area contributed by atoms with Gasteiger partial charge in [0, 0.05) is 24.4 Å². The Kier molecular flexibility index (Phi) is 4.88. The molecule has 10 heteroatoms. The number of nitrogens with one attached hydrogen (secondary N) is 1. The van der Waals surface area contributed by atoms with Crippen LogP contribution in [0.15, 0.2) is 42.5 Å². The molecule has 2 aromatic carbocycles. The molecule has 0 spiro atoms. The van der Waals surface area contributed by atoms with Crippen LogP contribution < -0.4 is 5.32 Å². The number of anilines is 1. The molecule has 0 unspecified atom stereocenters. The fraction of sp³-hybridized carbons (Fsp3) is 0.111. The number of halogens is 6. The Morgan fingerprint density at radius 2 is 1.71 bits per heavy atom. The highest BCUT2D eigenvalue weighted by atomic mass is 19.4. The number of carbonyl (C=O) groups is 1. The summed E-state index contributed by atoms with van der Waals surface area (Å²) in [7, 11) is 1.23. The highest BCUT2D eigenvalue weighted by Crippen LogP contribution is 2.33. The highest BCUT2D eigenvalue weighted by molar-refractivity contribution is 6.04. The summed E-state index contributed by atoms with van der Waals surface area (Å²) in [4.78, 5) is 12.0. The molecule has 1 N–H and O–H groups in total. The van der Waals surface area contributed by atoms with Gasteiger partial charge in [-0.1, -0.05) is 0 Å². The van der Waals surface area contributed by atoms with E-state index in [2.05, 4.69) is 10.4 Å². The number of hydrogen-bond acceptors (Lipinski definition) is 2. The summed E-state index contributed by atoms with van der Waals surface area (Å²) in [6.07, 6.45) is -4.68. The van der Waals surface area contributed by atoms with Gasteiger partial charge in [0.05, 0.1) is 11.3 Å². The molecule has 0 aliphatic carbocycles. The van der Waals surface area contributed by atoms with E-state index in [9.17, 15) is 31.1 Å². The molecule has 1 aromatic heterocycles. The maximum atomic E-state index is 14.4. The molecule has 1 amide bonds. The SMILES string of the molecule is Cn1nc(C(F)(F)F)cc1-c1ccc(NC(=O)c2ccc(F)cc2F)cc1F. The number of benzene rings is 2. The average molecular weight is 399 g/mol. The summed E-state index contributed by atoms with van der Waals surface area (Å²) in [6.45, 7) is 0. The largest absolute Gasteiger partial charge is 0.435 e. The first-order chi connectivity index (χ1) is 13.1. The van der Waals surface area contributed by atoms with Crippen LogP contribution in [0.4, 0.5) is 32.0 Å². The molecule has 0 saturated heterocycles. The van der Waals surface area contributed by atoms with E-state index < -0.39 is 40.8 Å². The number of hydrogen-bond donors (Lipinski definition) is 1. The number of rotatable bonds is 3. The zero-order valence-corrected chi connectivity index (χ0v) is 14.1. The van der Waals surface area contributed by atoms with Crippen molar-refractivity contribution >= 4 is 11.6 Å². The first-order valence-corrected chi connectivity index (χ1v) is 7.74. The first kappa shape index (κ1) is 19.5. The zero-order chi connectivity index (χ0) is 20.6. The second-order valence-corrected chi connectivity index (χ2v) is 5.81. The van der Waals surface area contributed by atoms with Crippen molar-refractivity contribution in [2.24, 2.45) is 7.05 Å². The number of aryl methyl sites for hydroxylation is 1. The Bertz CT molecular complexity index is 1060. The molecule has 4 nitrogen and oxygen atoms in total. The molecule has 0 aliphatic rings. The third kappa shape index (κ3) is 3.85. The molecule has 3 rings (SSSR count). The van der Waals surface area contributed by atoms with E-state index in [1.54, 1.807) is 0 Å². The van der Waals surface area contributed by atoms with Crippen LogP contribution in [0.3, 0.4) is 0 Å². The summed E-state index contributed by atoms with van der Waals surface area (Å²) in [5.41, 5.74) is -1.97. The van der Waals surface area contributed by atoms with Crippen LogP contribution in [0, 0.1) is 17.5 Å². The van der Waals surface area contributed by atoms with Crippen molar-refractivity contribution < 1.29 is 31.1 Å². The smallest absolute Gasteiger partial charge is 0.322 e. The molecule has 0 atom stereocenters. The van der Waals surface area contributed by atoms with Crippen LogP contribution in [0.25, 0.3) is 11.3 Å². The van der Waals surface area contributed by atoms with Crippen molar-refractivity contribution in [1.29, 1.82) is 0 Å². The van der Waals surface area contributed by atoms with Gasteiger partial charge in [0.25, 0.3) is 5.91 Å². The monoisotopic (exact) mass is 399 g/mol. The minimum absolute atomic E-state index is 0.0619. The Labute approximate surface area is 154 Å². The quantitative estimate of drug-likeness (QED) is 0.645. The lowest BCUT2D eigenvalue weighted by Crippen LogP contribution is -2.14. The van der Waals surface area contributed by atoms with Crippen LogP contribution in [0.5, 0.6) is 0 Å². The molecule has 1 heterocycles. The minimum atomic E-state index is -4.68. The molecule has 0 saturated carbocycles. The van der Waals surface area contributed by atoms with Gasteiger partial charge in [0.15, 0.2) is 5.69 Å². The maximum Gasteiger partial charge on any atom is 0.435 e. The van der Waals surface area contributed by atoms with E-state index in [0.29, 0.717) is 12.1 Å². The number of carbonyl (C=O) groups excluding carboxylic acids is 1. The number of alkyl halides is 3. The second-order valence-electron chi connectivity index (χ2n) is 5.81. The van der Waals surface area contributed by atoms with Gasteiger partial charge in [-0.3, -0.25) is 9.48 Å². The Morgan fingerprint density at radius 1 is 1.00 bits per heavy atom. The van der Waals surface area contributed by atoms with Crippen molar-refractivity contribution in [2.75, 3.05) is 5.32 Å². The van der Waals surface area contributed by atoms with Crippen LogP contribution in [-0.2, 0) is 13.2 Å². The molecule has 0 bridgehead atoms. The van der Waals surface area contributed by atoms with Crippen molar-refractivity contribution in [3.05, 3.63) is 71.2 Å². The summed E-state index contributed by atoms with van der Waals surface area (Å²) in [5, 5.41) is 5.55. The molecule has 146 valence electrons. The lowest BCUT2D eigenvalue weighted by atomic mass is 10.1. The van der Waals surface area contributed by atoms with E-state index in [0.717, 1.165) is 28.9 Å². The van der Waals surface area contributed by atoms with Gasteiger partial charge in [-0.25, -0.2) is 13.2 Å². The zero-order valence-electron chi connectivity index (χ0n) is 14.1. The second kappa shape index (κ2) is 7.02. The van der Waals surface area contributed by atoms with E-state index in [4.69, 9.17) is 0 Å². The lowest BCUT2D eigenvalue weighted by molar-refractivity contribution is -0.141. The molecular weight excluding hydrogens is 388 g/mol. The van der Waals surface area contributed by atoms with Gasteiger partial charge >= 0.3 is 6.18 Å². The van der Waals surface area contributed by atoms with Gasteiger partial charge < -0.3 is 5.32 Å². The van der Waals surface area contributed by atoms with E-state index >= 15 is 0 Å². The first-order valence-electron chi connectivity index (χ1n) is 7.74. The predicted octanol–water partition coefficient (Wildman–Crippen LogP) is 4.78. The van der Waals surface area contributed by atoms with Crippen molar-refractivity contribution in [2.45, 2.75) is 6.18 Å². The van der Waals surface area contributed by atoms with E-state index in [1.165, 1.54) is 13.1 Å². The topological polar surface area (TPSA) is 46.9 Å². The van der Waals surface area contributed by atoms with Crippen LogP contribution in [0.2, 0.25) is 0 Å². The fourth-order valence-electron chi connectivity index (χ4n) is 2.53. The third-order valence-corrected chi connectivity index (χ3v) is 3.85. The lowest BCUT2D eigenvalue weighted by Gasteiger charge is -2.09. The number of nitrogens with zero attached hydrogens (tertiary/aromatic N) is 2. The van der Waals surface area contributed by atoms with Gasteiger partial charge in [-0.15, -0.1) is 0 Å². The number of amides is 1. The Hall–Kier alpha value is -3.30. The highest BCUT2D eigenvalue weighted by Gasteiger charge is 2.35. The van der Waals surface area contributed by atoms with E-state index in [1.807, 2.05) is 0 Å². The van der Waals surface area contributed by atoms with Gasteiger partial charge in [-0.05, 0) is 36.4 Å². The predicted molar refractivity (Wildman–Crippen MR) is 87.9 cm³/mol. The molecular formula is C18H11F6N3O. The molecule has 3 aromatic rings. The van der Waals surface area contributed by atoms with Crippen molar-refractivity contribution in [3.8, 4) is 11.3 Å². The molecule has 0 aliphatic heterocycles. The fourth-order valence-corrected chi connectivity index (χ4v) is 2.53. The standard InChI is InChI=1S/C18H11F6N3O/c1-27-15(8-16(26-27)18(22,23)24)11-5-3-10(7-14(11)21)25-17(28)12-4-2-9(19)6-13(12)20/h2-8H,1H3,(H,25,28). The minimum Gasteiger partial charge on any atom is -0.322 e. The molecule has 28 heavy (non-hydrogen) atoms. The van der Waals surface area contributed by atoms with Crippen LogP contribution in [0.1, 0.15) is 16.1 Å².